The van der Waals surface area contributed by atoms with Gasteiger partial charge < -0.3 is 5.11 Å². The van der Waals surface area contributed by atoms with E-state index in [0.29, 0.717) is 0 Å². The number of carboxylic acid groups (broad SMARTS) is 1. The third-order valence-electron chi connectivity index (χ3n) is 4.63. The normalized spacial score (nSPS) is 22.8. The molecule has 2 rings (SSSR count). The van der Waals surface area contributed by atoms with E-state index in [1.165, 1.54) is 0 Å². The van der Waals surface area contributed by atoms with Crippen molar-refractivity contribution in [2.45, 2.75) is 45.4 Å². The van der Waals surface area contributed by atoms with Gasteiger partial charge in [0.1, 0.15) is 0 Å². The molecule has 1 aromatic carbocycles. The summed E-state index contributed by atoms with van der Waals surface area (Å²) in [6.07, 6.45) is 6.79. The van der Waals surface area contributed by atoms with Crippen LogP contribution in [0, 0.1) is 18.8 Å². The zero-order valence-electron chi connectivity index (χ0n) is 13.3. The Balaban J connectivity index is 2.00. The molecular formula is C19H24O3. The van der Waals surface area contributed by atoms with Gasteiger partial charge in [0.25, 0.3) is 0 Å². The SMILES string of the molecule is Cc1cccc(C(C)C(=O)/C=C/C2CCC[C@@H]2CC(=O)O)c1. The van der Waals surface area contributed by atoms with Crippen LogP contribution < -0.4 is 0 Å². The molecule has 1 aliphatic rings. The molecule has 3 heteroatoms. The van der Waals surface area contributed by atoms with Crippen LogP contribution in [0.3, 0.4) is 0 Å². The molecule has 2 unspecified atom stereocenters. The Labute approximate surface area is 132 Å². The van der Waals surface area contributed by atoms with Gasteiger partial charge in [0.05, 0.1) is 0 Å². The highest BCUT2D eigenvalue weighted by atomic mass is 16.4. The number of ketones is 1. The zero-order chi connectivity index (χ0) is 16.1. The number of benzene rings is 1. The summed E-state index contributed by atoms with van der Waals surface area (Å²) in [7, 11) is 0. The highest BCUT2D eigenvalue weighted by molar-refractivity contribution is 5.95. The number of carbonyl (C=O) groups is 2. The van der Waals surface area contributed by atoms with E-state index in [9.17, 15) is 9.59 Å². The van der Waals surface area contributed by atoms with Crippen molar-refractivity contribution < 1.29 is 14.7 Å². The molecule has 118 valence electrons. The lowest BCUT2D eigenvalue weighted by atomic mass is 9.90. The minimum absolute atomic E-state index is 0.0894. The van der Waals surface area contributed by atoms with Crippen molar-refractivity contribution in [2.75, 3.05) is 0 Å². The second-order valence-corrected chi connectivity index (χ2v) is 6.35. The second kappa shape index (κ2) is 7.39. The summed E-state index contributed by atoms with van der Waals surface area (Å²) in [6, 6.07) is 8.01. The lowest BCUT2D eigenvalue weighted by molar-refractivity contribution is -0.138. The summed E-state index contributed by atoms with van der Waals surface area (Å²) in [6.45, 7) is 3.94. The third-order valence-corrected chi connectivity index (χ3v) is 4.63. The van der Waals surface area contributed by atoms with Gasteiger partial charge >= 0.3 is 5.97 Å². The van der Waals surface area contributed by atoms with E-state index >= 15 is 0 Å². The summed E-state index contributed by atoms with van der Waals surface area (Å²) in [4.78, 5) is 23.2. The number of hydrogen-bond acceptors (Lipinski definition) is 2. The smallest absolute Gasteiger partial charge is 0.303 e. The fourth-order valence-electron chi connectivity index (χ4n) is 3.26. The van der Waals surface area contributed by atoms with Crippen LogP contribution in [0.15, 0.2) is 36.4 Å². The van der Waals surface area contributed by atoms with Crippen molar-refractivity contribution in [3.8, 4) is 0 Å². The van der Waals surface area contributed by atoms with Crippen LogP contribution in [0.2, 0.25) is 0 Å². The van der Waals surface area contributed by atoms with E-state index in [2.05, 4.69) is 0 Å². The molecule has 0 aromatic heterocycles. The predicted octanol–water partition coefficient (Wildman–Crippen LogP) is 4.11. The molecule has 0 spiro atoms. The number of allylic oxidation sites excluding steroid dienone is 2. The van der Waals surface area contributed by atoms with E-state index in [-0.39, 0.29) is 30.0 Å². The van der Waals surface area contributed by atoms with Crippen molar-refractivity contribution in [1.82, 2.24) is 0 Å². The Hall–Kier alpha value is -1.90. The number of rotatable bonds is 6. The van der Waals surface area contributed by atoms with Crippen LogP contribution in [0.1, 0.15) is 49.7 Å². The number of aryl methyl sites for hydroxylation is 1. The van der Waals surface area contributed by atoms with Crippen molar-refractivity contribution in [2.24, 2.45) is 11.8 Å². The fraction of sp³-hybridized carbons (Fsp3) is 0.474. The van der Waals surface area contributed by atoms with E-state index < -0.39 is 5.97 Å². The zero-order valence-corrected chi connectivity index (χ0v) is 13.3. The van der Waals surface area contributed by atoms with Crippen LogP contribution in [-0.2, 0) is 9.59 Å². The van der Waals surface area contributed by atoms with Gasteiger partial charge in [-0.15, -0.1) is 0 Å². The highest BCUT2D eigenvalue weighted by Crippen LogP contribution is 2.35. The quantitative estimate of drug-likeness (QED) is 0.804. The van der Waals surface area contributed by atoms with E-state index in [1.54, 1.807) is 6.08 Å². The maximum absolute atomic E-state index is 12.3. The molecule has 3 nitrogen and oxygen atoms in total. The first-order chi connectivity index (χ1) is 10.5. The maximum atomic E-state index is 12.3. The molecule has 1 saturated carbocycles. The van der Waals surface area contributed by atoms with Gasteiger partial charge in [0.2, 0.25) is 0 Å². The van der Waals surface area contributed by atoms with Crippen molar-refractivity contribution in [3.05, 3.63) is 47.5 Å². The number of carbonyl (C=O) groups excluding carboxylic acids is 1. The molecule has 3 atom stereocenters. The van der Waals surface area contributed by atoms with Gasteiger partial charge in [-0.2, -0.15) is 0 Å². The van der Waals surface area contributed by atoms with Crippen molar-refractivity contribution >= 4 is 11.8 Å². The van der Waals surface area contributed by atoms with Crippen molar-refractivity contribution in [1.29, 1.82) is 0 Å². The van der Waals surface area contributed by atoms with Gasteiger partial charge in [-0.3, -0.25) is 9.59 Å². The van der Waals surface area contributed by atoms with Gasteiger partial charge in [-0.25, -0.2) is 0 Å². The molecule has 0 heterocycles. The van der Waals surface area contributed by atoms with Gasteiger partial charge in [0.15, 0.2) is 5.78 Å². The minimum atomic E-state index is -0.746. The molecule has 0 bridgehead atoms. The highest BCUT2D eigenvalue weighted by Gasteiger charge is 2.27. The first-order valence-electron chi connectivity index (χ1n) is 7.97. The molecule has 1 N–H and O–H groups in total. The summed E-state index contributed by atoms with van der Waals surface area (Å²) in [5.41, 5.74) is 2.18. The Bertz CT molecular complexity index is 574. The Morgan fingerprint density at radius 2 is 2.14 bits per heavy atom. The van der Waals surface area contributed by atoms with Crippen LogP contribution in [0.25, 0.3) is 0 Å². The number of aliphatic carboxylic acids is 1. The predicted molar refractivity (Wildman–Crippen MR) is 86.8 cm³/mol. The topological polar surface area (TPSA) is 54.4 Å². The van der Waals surface area contributed by atoms with Gasteiger partial charge in [-0.1, -0.05) is 49.2 Å². The molecule has 0 saturated heterocycles. The van der Waals surface area contributed by atoms with Crippen LogP contribution in [0.5, 0.6) is 0 Å². The lowest BCUT2D eigenvalue weighted by Crippen LogP contribution is -2.12. The molecule has 0 aliphatic heterocycles. The maximum Gasteiger partial charge on any atom is 0.303 e. The molecule has 1 aliphatic carbocycles. The van der Waals surface area contributed by atoms with Crippen molar-refractivity contribution in [3.63, 3.8) is 0 Å². The Morgan fingerprint density at radius 1 is 1.36 bits per heavy atom. The molecule has 22 heavy (non-hydrogen) atoms. The molecular weight excluding hydrogens is 276 g/mol. The average molecular weight is 300 g/mol. The molecule has 1 fully saturated rings. The fourth-order valence-corrected chi connectivity index (χ4v) is 3.26. The second-order valence-electron chi connectivity index (χ2n) is 6.35. The molecule has 1 aromatic rings. The number of hydrogen-bond donors (Lipinski definition) is 1. The van der Waals surface area contributed by atoms with Crippen LogP contribution in [0.4, 0.5) is 0 Å². The first-order valence-corrected chi connectivity index (χ1v) is 7.97. The Morgan fingerprint density at radius 3 is 2.82 bits per heavy atom. The standard InChI is InChI=1S/C19H24O3/c1-13-5-3-7-16(11-13)14(2)18(20)10-9-15-6-4-8-17(15)12-19(21)22/h3,5,7,9-11,14-15,17H,4,6,8,12H2,1-2H3,(H,21,22)/b10-9+/t14?,15?,17-/m1/s1. The minimum Gasteiger partial charge on any atom is -0.481 e. The average Bonchev–Trinajstić information content (AvgIpc) is 2.90. The lowest BCUT2D eigenvalue weighted by Gasteiger charge is -2.14. The summed E-state index contributed by atoms with van der Waals surface area (Å²) < 4.78 is 0. The van der Waals surface area contributed by atoms with E-state index in [0.717, 1.165) is 30.4 Å². The largest absolute Gasteiger partial charge is 0.481 e. The van der Waals surface area contributed by atoms with Gasteiger partial charge in [-0.05, 0) is 43.2 Å². The van der Waals surface area contributed by atoms with Crippen LogP contribution in [-0.4, -0.2) is 16.9 Å². The third kappa shape index (κ3) is 4.30. The molecule has 0 radical (unpaired) electrons. The monoisotopic (exact) mass is 300 g/mol. The summed E-state index contributed by atoms with van der Waals surface area (Å²) in [5.74, 6) is -0.410. The number of carboxylic acids is 1. The molecule has 0 amide bonds. The Kier molecular flexibility index (Phi) is 5.53. The summed E-state index contributed by atoms with van der Waals surface area (Å²) in [5, 5.41) is 8.94. The van der Waals surface area contributed by atoms with Crippen LogP contribution >= 0.6 is 0 Å². The first kappa shape index (κ1) is 16.5. The van der Waals surface area contributed by atoms with E-state index in [1.807, 2.05) is 44.2 Å². The van der Waals surface area contributed by atoms with Gasteiger partial charge in [0, 0.05) is 12.3 Å². The van der Waals surface area contributed by atoms with E-state index in [4.69, 9.17) is 5.11 Å². The summed E-state index contributed by atoms with van der Waals surface area (Å²) >= 11 is 0.